The molecule has 0 saturated carbocycles. The predicted octanol–water partition coefficient (Wildman–Crippen LogP) is 4.93. The van der Waals surface area contributed by atoms with Gasteiger partial charge in [0.15, 0.2) is 6.10 Å². The van der Waals surface area contributed by atoms with Crippen LogP contribution < -0.4 is 0 Å². The zero-order valence-corrected chi connectivity index (χ0v) is 16.8. The summed E-state index contributed by atoms with van der Waals surface area (Å²) >= 11 is 1.49. The number of nitrogens with zero attached hydrogens (tertiary/aromatic N) is 2. The van der Waals surface area contributed by atoms with Crippen molar-refractivity contribution in [1.82, 2.24) is 10.2 Å². The molecule has 2 aromatic carbocycles. The van der Waals surface area contributed by atoms with Crippen molar-refractivity contribution in [3.8, 4) is 11.5 Å². The second kappa shape index (κ2) is 8.19. The molecule has 0 N–H and O–H groups in total. The summed E-state index contributed by atoms with van der Waals surface area (Å²) in [6, 6.07) is 14.3. The van der Waals surface area contributed by atoms with Gasteiger partial charge in [0, 0.05) is 10.5 Å². The first-order chi connectivity index (χ1) is 13.6. The third-order valence-electron chi connectivity index (χ3n) is 4.82. The van der Waals surface area contributed by atoms with E-state index in [4.69, 9.17) is 9.15 Å². The highest BCUT2D eigenvalue weighted by Crippen LogP contribution is 2.28. The maximum atomic E-state index is 12.2. The molecule has 1 aromatic heterocycles. The summed E-state index contributed by atoms with van der Waals surface area (Å²) in [6.07, 6.45) is 2.93. The number of aromatic nitrogens is 2. The van der Waals surface area contributed by atoms with Crippen LogP contribution >= 0.6 is 11.8 Å². The van der Waals surface area contributed by atoms with Crippen LogP contribution in [-0.4, -0.2) is 21.9 Å². The van der Waals surface area contributed by atoms with E-state index in [1.165, 1.54) is 29.3 Å². The van der Waals surface area contributed by atoms with E-state index < -0.39 is 6.10 Å². The third-order valence-corrected chi connectivity index (χ3v) is 5.79. The van der Waals surface area contributed by atoms with Crippen LogP contribution in [0.5, 0.6) is 0 Å². The molecule has 0 fully saturated rings. The molecule has 0 aliphatic heterocycles. The summed E-state index contributed by atoms with van der Waals surface area (Å²) in [5.41, 5.74) is 4.84. The lowest BCUT2D eigenvalue weighted by Gasteiger charge is -2.09. The standard InChI is InChI=1S/C22H22N2O3S/c1-14-6-8-17(9-7-14)22-24-23-21(27-22)15(2)26-20(25)13-28-19-11-10-16-4-3-5-18(16)12-19/h6-12,15H,3-5,13H2,1-2H3. The van der Waals surface area contributed by atoms with E-state index in [-0.39, 0.29) is 11.7 Å². The first-order valence-electron chi connectivity index (χ1n) is 9.43. The molecule has 6 heteroatoms. The first kappa shape index (κ1) is 18.7. The van der Waals surface area contributed by atoms with Crippen LogP contribution in [0, 0.1) is 6.92 Å². The number of aryl methyl sites for hydroxylation is 3. The lowest BCUT2D eigenvalue weighted by atomic mass is 10.1. The van der Waals surface area contributed by atoms with Gasteiger partial charge in [0.1, 0.15) is 0 Å². The fraction of sp³-hybridized carbons (Fsp3) is 0.318. The Kier molecular flexibility index (Phi) is 5.48. The Hall–Kier alpha value is -2.60. The van der Waals surface area contributed by atoms with Gasteiger partial charge >= 0.3 is 5.97 Å². The highest BCUT2D eigenvalue weighted by molar-refractivity contribution is 8.00. The maximum absolute atomic E-state index is 12.2. The van der Waals surface area contributed by atoms with Gasteiger partial charge in [-0.2, -0.15) is 0 Å². The average molecular weight is 394 g/mol. The molecular weight excluding hydrogens is 372 g/mol. The van der Waals surface area contributed by atoms with Crippen LogP contribution in [0.3, 0.4) is 0 Å². The summed E-state index contributed by atoms with van der Waals surface area (Å²) in [5.74, 6) is 0.673. The van der Waals surface area contributed by atoms with Crippen molar-refractivity contribution in [1.29, 1.82) is 0 Å². The molecule has 144 valence electrons. The van der Waals surface area contributed by atoms with Gasteiger partial charge in [-0.25, -0.2) is 0 Å². The third kappa shape index (κ3) is 4.28. The van der Waals surface area contributed by atoms with Crippen LogP contribution in [0.15, 0.2) is 51.8 Å². The van der Waals surface area contributed by atoms with Gasteiger partial charge in [0.2, 0.25) is 5.89 Å². The minimum Gasteiger partial charge on any atom is -0.452 e. The van der Waals surface area contributed by atoms with Crippen molar-refractivity contribution in [2.75, 3.05) is 5.75 Å². The summed E-state index contributed by atoms with van der Waals surface area (Å²) in [6.45, 7) is 3.76. The van der Waals surface area contributed by atoms with Crippen LogP contribution in [0.4, 0.5) is 0 Å². The number of benzene rings is 2. The SMILES string of the molecule is Cc1ccc(-c2nnc(C(C)OC(=O)CSc3ccc4c(c3)CCC4)o2)cc1. The van der Waals surface area contributed by atoms with Crippen molar-refractivity contribution >= 4 is 17.7 Å². The number of esters is 1. The van der Waals surface area contributed by atoms with Crippen molar-refractivity contribution in [3.05, 3.63) is 65.0 Å². The van der Waals surface area contributed by atoms with Crippen molar-refractivity contribution in [2.45, 2.75) is 44.1 Å². The van der Waals surface area contributed by atoms with E-state index in [9.17, 15) is 4.79 Å². The molecule has 1 aliphatic rings. The highest BCUT2D eigenvalue weighted by Gasteiger charge is 2.19. The number of hydrogen-bond acceptors (Lipinski definition) is 6. The minimum atomic E-state index is -0.584. The monoisotopic (exact) mass is 394 g/mol. The fourth-order valence-electron chi connectivity index (χ4n) is 3.27. The number of rotatable bonds is 6. The Morgan fingerprint density at radius 3 is 2.75 bits per heavy atom. The number of thioether (sulfide) groups is 1. The summed E-state index contributed by atoms with van der Waals surface area (Å²) in [5, 5.41) is 8.08. The molecule has 0 spiro atoms. The quantitative estimate of drug-likeness (QED) is 0.436. The molecule has 0 bridgehead atoms. The summed E-state index contributed by atoms with van der Waals surface area (Å²) < 4.78 is 11.1. The smallest absolute Gasteiger partial charge is 0.317 e. The highest BCUT2D eigenvalue weighted by atomic mass is 32.2. The minimum absolute atomic E-state index is 0.252. The summed E-state index contributed by atoms with van der Waals surface area (Å²) in [4.78, 5) is 13.3. The van der Waals surface area contributed by atoms with Crippen LogP contribution in [0.25, 0.3) is 11.5 Å². The molecule has 1 unspecified atom stereocenters. The molecule has 4 rings (SSSR count). The second-order valence-electron chi connectivity index (χ2n) is 7.02. The van der Waals surface area contributed by atoms with Gasteiger partial charge in [-0.3, -0.25) is 4.79 Å². The number of ether oxygens (including phenoxy) is 1. The number of hydrogen-bond donors (Lipinski definition) is 0. The Morgan fingerprint density at radius 2 is 1.93 bits per heavy atom. The molecule has 1 heterocycles. The molecule has 1 aliphatic carbocycles. The largest absolute Gasteiger partial charge is 0.452 e. The lowest BCUT2D eigenvalue weighted by Crippen LogP contribution is -2.11. The molecule has 0 radical (unpaired) electrons. The van der Waals surface area contributed by atoms with E-state index in [1.54, 1.807) is 6.92 Å². The van der Waals surface area contributed by atoms with Crippen molar-refractivity contribution in [2.24, 2.45) is 0 Å². The van der Waals surface area contributed by atoms with E-state index >= 15 is 0 Å². The molecule has 1 atom stereocenters. The number of fused-ring (bicyclic) bond motifs is 1. The number of carbonyl (C=O) groups is 1. The maximum Gasteiger partial charge on any atom is 0.317 e. The predicted molar refractivity (Wildman–Crippen MR) is 108 cm³/mol. The Balaban J connectivity index is 1.32. The second-order valence-corrected chi connectivity index (χ2v) is 8.07. The molecule has 3 aromatic rings. The van der Waals surface area contributed by atoms with Gasteiger partial charge in [-0.1, -0.05) is 23.8 Å². The van der Waals surface area contributed by atoms with E-state index in [0.29, 0.717) is 11.8 Å². The van der Waals surface area contributed by atoms with Gasteiger partial charge in [-0.05, 0) is 68.5 Å². The van der Waals surface area contributed by atoms with Gasteiger partial charge in [-0.15, -0.1) is 22.0 Å². The Bertz CT molecular complexity index is 982. The topological polar surface area (TPSA) is 65.2 Å². The van der Waals surface area contributed by atoms with Crippen LogP contribution in [0.2, 0.25) is 0 Å². The van der Waals surface area contributed by atoms with Crippen LogP contribution in [-0.2, 0) is 22.4 Å². The molecular formula is C22H22N2O3S. The normalized spacial score (nSPS) is 13.9. The van der Waals surface area contributed by atoms with Gasteiger partial charge in [0.05, 0.1) is 5.75 Å². The lowest BCUT2D eigenvalue weighted by molar-refractivity contribution is -0.146. The van der Waals surface area contributed by atoms with Crippen molar-refractivity contribution < 1.29 is 13.9 Å². The van der Waals surface area contributed by atoms with Gasteiger partial charge in [0.25, 0.3) is 5.89 Å². The van der Waals surface area contributed by atoms with E-state index in [0.717, 1.165) is 28.9 Å². The zero-order valence-electron chi connectivity index (χ0n) is 16.0. The van der Waals surface area contributed by atoms with Crippen LogP contribution in [0.1, 0.15) is 42.0 Å². The first-order valence-corrected chi connectivity index (χ1v) is 10.4. The number of carbonyl (C=O) groups excluding carboxylic acids is 1. The van der Waals surface area contributed by atoms with E-state index in [2.05, 4.69) is 28.4 Å². The molecule has 0 amide bonds. The zero-order chi connectivity index (χ0) is 19.5. The van der Waals surface area contributed by atoms with Crippen molar-refractivity contribution in [3.63, 3.8) is 0 Å². The summed E-state index contributed by atoms with van der Waals surface area (Å²) in [7, 11) is 0. The Labute approximate surface area is 168 Å². The molecule has 0 saturated heterocycles. The van der Waals surface area contributed by atoms with Gasteiger partial charge < -0.3 is 9.15 Å². The molecule has 28 heavy (non-hydrogen) atoms. The Morgan fingerprint density at radius 1 is 1.14 bits per heavy atom. The molecule has 5 nitrogen and oxygen atoms in total. The van der Waals surface area contributed by atoms with E-state index in [1.807, 2.05) is 31.2 Å². The fourth-order valence-corrected chi connectivity index (χ4v) is 4.02. The average Bonchev–Trinajstić information content (AvgIpc) is 3.36.